The molecule has 0 aromatic heterocycles. The summed E-state index contributed by atoms with van der Waals surface area (Å²) in [5, 5.41) is 71.1. The van der Waals surface area contributed by atoms with Gasteiger partial charge in [0.25, 0.3) is 0 Å². The van der Waals surface area contributed by atoms with Crippen molar-refractivity contribution in [2.75, 3.05) is 54.6 Å². The second kappa shape index (κ2) is 26.1. The molecule has 20 atom stereocenters. The van der Waals surface area contributed by atoms with Gasteiger partial charge in [0, 0.05) is 70.5 Å². The van der Waals surface area contributed by atoms with E-state index in [-0.39, 0.29) is 38.0 Å². The number of aliphatic hydroxyl groups excluding tert-OH is 5. The van der Waals surface area contributed by atoms with E-state index >= 15 is 0 Å². The van der Waals surface area contributed by atoms with Crippen molar-refractivity contribution in [3.8, 4) is 0 Å². The molecule has 0 saturated carbocycles. The molecule has 19 nitrogen and oxygen atoms in total. The van der Waals surface area contributed by atoms with Crippen molar-refractivity contribution in [2.45, 2.75) is 204 Å². The highest BCUT2D eigenvalue weighted by Crippen LogP contribution is 2.42. The number of carbonyl (C=O) groups excluding carboxylic acids is 3. The van der Waals surface area contributed by atoms with Gasteiger partial charge in [-0.3, -0.25) is 14.4 Å². The Morgan fingerprint density at radius 2 is 1.58 bits per heavy atom. The van der Waals surface area contributed by atoms with Crippen LogP contribution >= 0.6 is 0 Å². The number of amides is 1. The molecule has 3 fully saturated rings. The largest absolute Gasteiger partial charge is 0.459 e. The number of nitrogens with zero attached hydrogens (tertiary/aromatic N) is 2. The number of Topliss-reactive ketones (excluding diaryl/α,β-unsaturated/α-hetero) is 1. The van der Waals surface area contributed by atoms with Crippen molar-refractivity contribution in [3.63, 3.8) is 0 Å². The van der Waals surface area contributed by atoms with Gasteiger partial charge in [-0.1, -0.05) is 58.0 Å². The van der Waals surface area contributed by atoms with Crippen LogP contribution in [0.4, 0.5) is 0 Å². The van der Waals surface area contributed by atoms with Gasteiger partial charge in [-0.25, -0.2) is 0 Å². The summed E-state index contributed by atoms with van der Waals surface area (Å²) in [6.07, 6.45) is -8.44. The fourth-order valence-corrected chi connectivity index (χ4v) is 11.7. The van der Waals surface area contributed by atoms with Crippen molar-refractivity contribution in [2.24, 2.45) is 23.7 Å². The van der Waals surface area contributed by atoms with Gasteiger partial charge in [0.1, 0.15) is 35.8 Å². The monoisotopic (exact) mass is 1050 g/mol. The fraction of sp³-hybridized carbons (Fsp3) is 0.800. The van der Waals surface area contributed by atoms with E-state index < -0.39 is 139 Å². The molecule has 4 heterocycles. The fourth-order valence-electron chi connectivity index (χ4n) is 11.7. The van der Waals surface area contributed by atoms with Crippen LogP contribution in [0.1, 0.15) is 125 Å². The molecular formula is C55H91N3O16. The molecule has 422 valence electrons. The summed E-state index contributed by atoms with van der Waals surface area (Å²) < 4.78 is 44.6. The number of hydrogen-bond acceptors (Lipinski definition) is 18. The molecule has 0 aliphatic carbocycles. The Morgan fingerprint density at radius 3 is 2.18 bits per heavy atom. The number of esters is 1. The first-order chi connectivity index (χ1) is 34.7. The normalized spacial score (nSPS) is 40.2. The minimum absolute atomic E-state index is 0.0198. The van der Waals surface area contributed by atoms with Gasteiger partial charge < -0.3 is 78.9 Å². The lowest BCUT2D eigenvalue weighted by atomic mass is 9.74. The van der Waals surface area contributed by atoms with Gasteiger partial charge in [0.15, 0.2) is 12.6 Å². The molecule has 1 amide bonds. The van der Waals surface area contributed by atoms with Gasteiger partial charge in [0.05, 0.1) is 60.3 Å². The van der Waals surface area contributed by atoms with E-state index in [1.54, 1.807) is 67.6 Å². The van der Waals surface area contributed by atoms with Crippen molar-refractivity contribution in [3.05, 3.63) is 41.5 Å². The van der Waals surface area contributed by atoms with Gasteiger partial charge in [-0.05, 0) is 98.0 Å². The summed E-state index contributed by atoms with van der Waals surface area (Å²) in [6.45, 7) is 18.2. The Labute approximate surface area is 439 Å². The minimum atomic E-state index is -2.03. The number of ether oxygens (including phenoxy) is 7. The Kier molecular flexibility index (Phi) is 21.8. The lowest BCUT2D eigenvalue weighted by Crippen LogP contribution is -2.61. The topological polar surface area (TPSA) is 256 Å². The highest BCUT2D eigenvalue weighted by molar-refractivity contribution is 5.83. The number of aliphatic hydroxyl groups is 6. The van der Waals surface area contributed by atoms with Gasteiger partial charge >= 0.3 is 5.97 Å². The van der Waals surface area contributed by atoms with Crippen LogP contribution in [0.3, 0.4) is 0 Å². The smallest absolute Gasteiger partial charge is 0.311 e. The molecule has 1 aromatic rings. The molecule has 4 aliphatic heterocycles. The predicted molar refractivity (Wildman–Crippen MR) is 275 cm³/mol. The molecular weight excluding hydrogens is 959 g/mol. The van der Waals surface area contributed by atoms with Crippen LogP contribution in [-0.4, -0.2) is 203 Å². The van der Waals surface area contributed by atoms with E-state index in [2.05, 4.69) is 23.3 Å². The van der Waals surface area contributed by atoms with E-state index in [1.165, 1.54) is 33.6 Å². The van der Waals surface area contributed by atoms with E-state index in [9.17, 15) is 45.0 Å². The zero-order valence-electron chi connectivity index (χ0n) is 46.4. The van der Waals surface area contributed by atoms with Gasteiger partial charge in [0.2, 0.25) is 5.91 Å². The summed E-state index contributed by atoms with van der Waals surface area (Å²) >= 11 is 0. The molecule has 0 bridgehead atoms. The van der Waals surface area contributed by atoms with E-state index in [4.69, 9.17) is 33.2 Å². The maximum Gasteiger partial charge on any atom is 0.311 e. The molecule has 19 heteroatoms. The Morgan fingerprint density at radius 1 is 0.932 bits per heavy atom. The lowest BCUT2D eigenvalue weighted by molar-refractivity contribution is -0.319. The molecule has 5 unspecified atom stereocenters. The summed E-state index contributed by atoms with van der Waals surface area (Å²) in [7, 11) is 6.80. The molecule has 0 spiro atoms. The standard InChI is InChI=1S/C55H91N3O16/c1-15-41-55(10,67)48(64)32(4)44(61)30(2)26-54(9,69-14)50(33(5)47(34(6)51(66)72-41)73-43-27-53(8,68-13)49(65)35(7)71-43)74-52-46(63)40(25-31(3)70-52)58(12)24-22-42(60)56-39(29-59)45(62)37-20-18-36(19-21-37)38-17-16-23-57(11)28-38/h17-21,30-35,39-41,43,45-50,52,59,62-65,67H,15-16,22-29H2,1-14H3,(H,56,60)/t30-,31-,32+,33+,34-,35+,39-,40+,41-,43?,45?,46-,47+,48-,49+,50-,52+,53?,54?,55?/m1/s1. The van der Waals surface area contributed by atoms with Crippen molar-refractivity contribution in [1.82, 2.24) is 15.1 Å². The number of carbonyl (C=O) groups is 3. The zero-order chi connectivity index (χ0) is 55.2. The SMILES string of the molecule is CC[C@H]1OC(=O)[C@H](C)[C@@H](OC2CC(C)(OC)[C@@H](O)[C@H](C)O2)[C@H](C)[C@@H](O[C@@H]2O[C@H](C)C[C@H](N(C)CCC(=O)N[C@H](CO)C(O)c3ccc(C4=CCCN(C)C4)cc3)[C@H]2O)C(C)(OC)C[C@@H](C)C(=O)[C@H](C)[C@@H](O)C1(C)O. The lowest BCUT2D eigenvalue weighted by Gasteiger charge is -2.50. The number of hydrogen-bond donors (Lipinski definition) is 7. The molecule has 7 N–H and O–H groups in total. The van der Waals surface area contributed by atoms with Gasteiger partial charge in [-0.15, -0.1) is 0 Å². The Bertz CT molecular complexity index is 2030. The summed E-state index contributed by atoms with van der Waals surface area (Å²) in [5.41, 5.74) is -1.70. The van der Waals surface area contributed by atoms with Crippen LogP contribution in [-0.2, 0) is 47.5 Å². The van der Waals surface area contributed by atoms with Crippen molar-refractivity contribution >= 4 is 23.2 Å². The van der Waals surface area contributed by atoms with Gasteiger partial charge in [-0.2, -0.15) is 0 Å². The van der Waals surface area contributed by atoms with Crippen LogP contribution in [0.5, 0.6) is 0 Å². The maximum absolute atomic E-state index is 14.5. The molecule has 3 saturated heterocycles. The number of rotatable bonds is 16. The quantitative estimate of drug-likeness (QED) is 0.117. The minimum Gasteiger partial charge on any atom is -0.459 e. The third-order valence-electron chi connectivity index (χ3n) is 16.8. The number of likely N-dealkylation sites (N-methyl/N-ethyl adjacent to an activating group) is 2. The summed E-state index contributed by atoms with van der Waals surface area (Å²) in [4.78, 5) is 46.3. The number of ketones is 1. The summed E-state index contributed by atoms with van der Waals surface area (Å²) in [6, 6.07) is 5.91. The van der Waals surface area contributed by atoms with Crippen LogP contribution in [0, 0.1) is 23.7 Å². The van der Waals surface area contributed by atoms with Crippen LogP contribution in [0.25, 0.3) is 5.57 Å². The van der Waals surface area contributed by atoms with Crippen molar-refractivity contribution in [1.29, 1.82) is 0 Å². The average Bonchev–Trinajstić information content (AvgIpc) is 3.37. The number of methoxy groups -OCH3 is 2. The molecule has 0 radical (unpaired) electrons. The third kappa shape index (κ3) is 14.2. The third-order valence-corrected chi connectivity index (χ3v) is 16.8. The number of cyclic esters (lactones) is 1. The molecule has 4 aliphatic rings. The molecule has 74 heavy (non-hydrogen) atoms. The van der Waals surface area contributed by atoms with Crippen LogP contribution < -0.4 is 5.32 Å². The van der Waals surface area contributed by atoms with Crippen LogP contribution in [0.2, 0.25) is 0 Å². The Hall–Kier alpha value is -2.99. The molecule has 5 rings (SSSR count). The maximum atomic E-state index is 14.5. The van der Waals surface area contributed by atoms with E-state index in [0.29, 0.717) is 12.0 Å². The number of nitrogens with one attached hydrogen (secondary N) is 1. The second-order valence-electron chi connectivity index (χ2n) is 22.6. The number of benzene rings is 1. The highest BCUT2D eigenvalue weighted by atomic mass is 16.7. The van der Waals surface area contributed by atoms with E-state index in [0.717, 1.165) is 25.1 Å². The van der Waals surface area contributed by atoms with Crippen LogP contribution in [0.15, 0.2) is 30.3 Å². The Balaban J connectivity index is 1.41. The first kappa shape index (κ1) is 61.9. The zero-order valence-corrected chi connectivity index (χ0v) is 46.4. The summed E-state index contributed by atoms with van der Waals surface area (Å²) in [5.74, 6) is -5.38. The molecule has 1 aromatic carbocycles. The van der Waals surface area contributed by atoms with E-state index in [1.807, 2.05) is 24.0 Å². The first-order valence-electron chi connectivity index (χ1n) is 26.7. The van der Waals surface area contributed by atoms with Crippen molar-refractivity contribution < 1.29 is 78.2 Å². The second-order valence-corrected chi connectivity index (χ2v) is 22.6. The average molecular weight is 1050 g/mol. The highest BCUT2D eigenvalue weighted by Gasteiger charge is 2.54. The first-order valence-corrected chi connectivity index (χ1v) is 26.7. The predicted octanol–water partition coefficient (Wildman–Crippen LogP) is 3.13.